The highest BCUT2D eigenvalue weighted by molar-refractivity contribution is 6.62. The van der Waals surface area contributed by atoms with E-state index in [1.807, 2.05) is 0 Å². The molecule has 0 aromatic carbocycles. The van der Waals surface area contributed by atoms with Gasteiger partial charge in [-0.25, -0.2) is 0 Å². The summed E-state index contributed by atoms with van der Waals surface area (Å²) in [6.07, 6.45) is -5.15. The highest BCUT2D eigenvalue weighted by Crippen LogP contribution is 2.31. The third kappa shape index (κ3) is 10.8. The molecule has 14 heteroatoms. The Morgan fingerprint density at radius 3 is 1.19 bits per heavy atom. The van der Waals surface area contributed by atoms with E-state index in [9.17, 15) is 26.3 Å². The molecule has 0 N–H and O–H groups in total. The second kappa shape index (κ2) is 13.1. The van der Waals surface area contributed by atoms with E-state index in [-0.39, 0.29) is 25.9 Å². The van der Waals surface area contributed by atoms with Crippen LogP contribution in [0.25, 0.3) is 0 Å². The van der Waals surface area contributed by atoms with Gasteiger partial charge in [0.25, 0.3) is 0 Å². The van der Waals surface area contributed by atoms with Gasteiger partial charge in [-0.3, -0.25) is 0 Å². The molecule has 0 atom stereocenters. The first-order valence-corrected chi connectivity index (χ1v) is 11.7. The number of hydrogen-bond donors (Lipinski definition) is 0. The van der Waals surface area contributed by atoms with Gasteiger partial charge in [0, 0.05) is 53.6 Å². The molecule has 0 aliphatic heterocycles. The van der Waals surface area contributed by atoms with Crippen molar-refractivity contribution in [2.24, 2.45) is 0 Å². The Hall–Kier alpha value is -0.226. The molecule has 0 aromatic rings. The predicted octanol–water partition coefficient (Wildman–Crippen LogP) is 3.95. The quantitative estimate of drug-likeness (QED) is 0.351. The number of hydrogen-bond acceptors (Lipinski definition) is 6. The summed E-state index contributed by atoms with van der Waals surface area (Å²) in [5, 5.41) is 0. The normalized spacial score (nSPS) is 13.3. The Morgan fingerprint density at radius 2 is 1.00 bits per heavy atom. The zero-order valence-electron chi connectivity index (χ0n) is 16.3. The summed E-state index contributed by atoms with van der Waals surface area (Å²) in [5.74, 6) is -4.56. The molecule has 6 nitrogen and oxygen atoms in total. The van der Waals surface area contributed by atoms with Crippen molar-refractivity contribution in [3.63, 3.8) is 0 Å². The SMILES string of the molecule is CCO[Si](OCC)(OCC)C(F)(F)F.CO[Si](CCC(F)(F)F)(OC)OC. The van der Waals surface area contributed by atoms with Crippen molar-refractivity contribution in [2.45, 2.75) is 45.2 Å². The molecule has 0 spiro atoms. The molecule has 0 aliphatic carbocycles. The molecule has 0 saturated carbocycles. The van der Waals surface area contributed by atoms with Crippen molar-refractivity contribution >= 4 is 17.6 Å². The lowest BCUT2D eigenvalue weighted by Crippen LogP contribution is -2.59. The van der Waals surface area contributed by atoms with Gasteiger partial charge in [0.2, 0.25) is 0 Å². The van der Waals surface area contributed by atoms with E-state index >= 15 is 0 Å². The minimum atomic E-state index is -4.56. The Kier molecular flexibility index (Phi) is 14.0. The van der Waals surface area contributed by atoms with E-state index < -0.39 is 36.0 Å². The molecule has 0 aliphatic rings. The predicted molar refractivity (Wildman–Crippen MR) is 88.9 cm³/mol. The molecule has 0 fully saturated rings. The molecule has 166 valence electrons. The molecule has 0 aromatic heterocycles. The molecule has 0 radical (unpaired) electrons. The van der Waals surface area contributed by atoms with Gasteiger partial charge in [0.1, 0.15) is 0 Å². The lowest BCUT2D eigenvalue weighted by molar-refractivity contribution is -0.133. The van der Waals surface area contributed by atoms with Crippen molar-refractivity contribution in [2.75, 3.05) is 41.2 Å². The van der Waals surface area contributed by atoms with E-state index in [4.69, 9.17) is 13.3 Å². The van der Waals surface area contributed by atoms with Crippen molar-refractivity contribution in [3.05, 3.63) is 0 Å². The van der Waals surface area contributed by atoms with Gasteiger partial charge in [-0.1, -0.05) is 0 Å². The average molecular weight is 451 g/mol. The first-order chi connectivity index (χ1) is 12.3. The molecule has 27 heavy (non-hydrogen) atoms. The van der Waals surface area contributed by atoms with Gasteiger partial charge in [-0.05, 0) is 20.8 Å². The van der Waals surface area contributed by atoms with Crippen LogP contribution in [0.4, 0.5) is 26.3 Å². The monoisotopic (exact) mass is 450 g/mol. The second-order valence-electron chi connectivity index (χ2n) is 4.76. The second-order valence-corrected chi connectivity index (χ2v) is 10.4. The van der Waals surface area contributed by atoms with E-state index in [1.165, 1.54) is 42.1 Å². The fourth-order valence-corrected chi connectivity index (χ4v) is 5.37. The summed E-state index contributed by atoms with van der Waals surface area (Å²) in [6, 6.07) is -0.250. The van der Waals surface area contributed by atoms with Gasteiger partial charge in [0.15, 0.2) is 0 Å². The lowest BCUT2D eigenvalue weighted by Gasteiger charge is -2.29. The number of alkyl halides is 6. The fraction of sp³-hybridized carbons (Fsp3) is 1.00. The van der Waals surface area contributed by atoms with E-state index in [0.717, 1.165) is 0 Å². The third-order valence-electron chi connectivity index (χ3n) is 3.00. The van der Waals surface area contributed by atoms with Crippen molar-refractivity contribution < 1.29 is 52.9 Å². The molecule has 0 unspecified atom stereocenters. The summed E-state index contributed by atoms with van der Waals surface area (Å²) < 4.78 is 102. The van der Waals surface area contributed by atoms with Crippen LogP contribution in [0, 0.1) is 0 Å². The molecule has 0 rings (SSSR count). The van der Waals surface area contributed by atoms with Gasteiger partial charge in [-0.15, -0.1) is 0 Å². The van der Waals surface area contributed by atoms with Crippen LogP contribution in [-0.2, 0) is 26.6 Å². The van der Waals surface area contributed by atoms with Crippen molar-refractivity contribution in [3.8, 4) is 0 Å². The minimum absolute atomic E-state index is 0.0776. The van der Waals surface area contributed by atoms with Crippen LogP contribution in [0.1, 0.15) is 27.2 Å². The molecule has 0 bridgehead atoms. The summed E-state index contributed by atoms with van der Waals surface area (Å²) >= 11 is 0. The van der Waals surface area contributed by atoms with Crippen molar-refractivity contribution in [1.29, 1.82) is 0 Å². The topological polar surface area (TPSA) is 55.4 Å². The maximum atomic E-state index is 12.6. The first kappa shape index (κ1) is 29.0. The number of halogens is 6. The van der Waals surface area contributed by atoms with Crippen molar-refractivity contribution in [1.82, 2.24) is 0 Å². The van der Waals surface area contributed by atoms with Gasteiger partial charge >= 0.3 is 29.6 Å². The summed E-state index contributed by atoms with van der Waals surface area (Å²) in [4.78, 5) is 0. The van der Waals surface area contributed by atoms with Crippen LogP contribution in [0.15, 0.2) is 0 Å². The van der Waals surface area contributed by atoms with E-state index in [0.29, 0.717) is 0 Å². The van der Waals surface area contributed by atoms with Gasteiger partial charge in [-0.2, -0.15) is 26.3 Å². The molecule has 0 amide bonds. The highest BCUT2D eigenvalue weighted by Gasteiger charge is 2.66. The first-order valence-electron chi connectivity index (χ1n) is 8.03. The average Bonchev–Trinajstić information content (AvgIpc) is 2.56. The molecular formula is C13H28F6O6Si2. The van der Waals surface area contributed by atoms with E-state index in [2.05, 4.69) is 13.3 Å². The van der Waals surface area contributed by atoms with Crippen LogP contribution >= 0.6 is 0 Å². The standard InChI is InChI=1S/C7H15F3O3Si.C6H13F3O3Si/c1-4-11-14(12-5-2,13-6-3)7(8,9)10;1-10-13(11-2,12-3)5-4-6(7,8)9/h4-6H2,1-3H3;4-5H2,1-3H3. The van der Waals surface area contributed by atoms with Crippen LogP contribution in [0.2, 0.25) is 6.04 Å². The van der Waals surface area contributed by atoms with Crippen LogP contribution < -0.4 is 0 Å². The molecular weight excluding hydrogens is 422 g/mol. The Morgan fingerprint density at radius 1 is 0.667 bits per heavy atom. The third-order valence-corrected chi connectivity index (χ3v) is 8.43. The maximum Gasteiger partial charge on any atom is 0.616 e. The Labute approximate surface area is 157 Å². The van der Waals surface area contributed by atoms with Crippen LogP contribution in [0.3, 0.4) is 0 Å². The van der Waals surface area contributed by atoms with Gasteiger partial charge < -0.3 is 26.6 Å². The smallest absolute Gasteiger partial charge is 0.377 e. The largest absolute Gasteiger partial charge is 0.616 e. The lowest BCUT2D eigenvalue weighted by atomic mass is 10.5. The Balaban J connectivity index is 0. The number of rotatable bonds is 11. The van der Waals surface area contributed by atoms with Gasteiger partial charge in [0.05, 0.1) is 0 Å². The summed E-state index contributed by atoms with van der Waals surface area (Å²) in [5.41, 5.74) is 0. The van der Waals surface area contributed by atoms with Crippen LogP contribution in [-0.4, -0.2) is 70.7 Å². The van der Waals surface area contributed by atoms with E-state index in [1.54, 1.807) is 0 Å². The minimum Gasteiger partial charge on any atom is -0.377 e. The molecule has 0 heterocycles. The summed E-state index contributed by atoms with van der Waals surface area (Å²) in [6.45, 7) is 4.20. The zero-order chi connectivity index (χ0) is 21.8. The fourth-order valence-electron chi connectivity index (χ4n) is 1.79. The summed E-state index contributed by atoms with van der Waals surface area (Å²) in [7, 11) is -3.68. The molecule has 0 saturated heterocycles. The maximum absolute atomic E-state index is 12.6. The van der Waals surface area contributed by atoms with Crippen LogP contribution in [0.5, 0.6) is 0 Å². The zero-order valence-corrected chi connectivity index (χ0v) is 18.3. The highest BCUT2D eigenvalue weighted by atomic mass is 28.4. The Bertz CT molecular complexity index is 354.